The Balaban J connectivity index is 2.02. The zero-order valence-electron chi connectivity index (χ0n) is 14.3. The van der Waals surface area contributed by atoms with Crippen LogP contribution in [-0.4, -0.2) is 20.1 Å². The van der Waals surface area contributed by atoms with E-state index in [1.807, 2.05) is 0 Å². The van der Waals surface area contributed by atoms with Crippen molar-refractivity contribution in [3.63, 3.8) is 0 Å². The van der Waals surface area contributed by atoms with Crippen LogP contribution in [0.2, 0.25) is 0 Å². The number of amides is 1. The van der Waals surface area contributed by atoms with Gasteiger partial charge >= 0.3 is 6.18 Å². The van der Waals surface area contributed by atoms with E-state index in [2.05, 4.69) is 5.32 Å². The van der Waals surface area contributed by atoms with Crippen LogP contribution >= 0.6 is 0 Å². The highest BCUT2D eigenvalue weighted by molar-refractivity contribution is 5.92. The quantitative estimate of drug-likeness (QED) is 0.786. The fraction of sp³-hybridized carbons (Fsp3) is 0.211. The zero-order chi connectivity index (χ0) is 19.2. The van der Waals surface area contributed by atoms with Gasteiger partial charge in [-0.05, 0) is 42.0 Å². The molecule has 1 N–H and O–H groups in total. The van der Waals surface area contributed by atoms with Crippen molar-refractivity contribution < 1.29 is 27.4 Å². The molecule has 1 amide bonds. The number of carbonyl (C=O) groups is 1. The maximum absolute atomic E-state index is 12.7. The van der Waals surface area contributed by atoms with Crippen LogP contribution in [0.25, 0.3) is 6.08 Å². The van der Waals surface area contributed by atoms with E-state index in [0.29, 0.717) is 22.6 Å². The molecule has 138 valence electrons. The SMILES string of the molecule is COc1ccc(OC)c(C=CC(=O)NCc2cccc(C(F)(F)F)c2)c1. The molecule has 0 radical (unpaired) electrons. The molecule has 0 bridgehead atoms. The summed E-state index contributed by atoms with van der Waals surface area (Å²) in [5, 5.41) is 2.55. The van der Waals surface area contributed by atoms with E-state index in [9.17, 15) is 18.0 Å². The molecule has 2 aromatic rings. The van der Waals surface area contributed by atoms with E-state index in [1.165, 1.54) is 32.4 Å². The fourth-order valence-electron chi connectivity index (χ4n) is 2.24. The summed E-state index contributed by atoms with van der Waals surface area (Å²) in [4.78, 5) is 11.9. The average molecular weight is 365 g/mol. The van der Waals surface area contributed by atoms with Gasteiger partial charge in [-0.2, -0.15) is 13.2 Å². The van der Waals surface area contributed by atoms with Crippen LogP contribution in [0.4, 0.5) is 13.2 Å². The molecular weight excluding hydrogens is 347 g/mol. The van der Waals surface area contributed by atoms with Crippen molar-refractivity contribution in [3.05, 3.63) is 65.2 Å². The third-order valence-electron chi connectivity index (χ3n) is 3.57. The smallest absolute Gasteiger partial charge is 0.416 e. The van der Waals surface area contributed by atoms with Crippen LogP contribution in [-0.2, 0) is 17.5 Å². The molecule has 0 atom stereocenters. The van der Waals surface area contributed by atoms with Crippen LogP contribution in [0.3, 0.4) is 0 Å². The molecule has 0 saturated carbocycles. The first-order valence-corrected chi connectivity index (χ1v) is 7.67. The molecule has 0 unspecified atom stereocenters. The lowest BCUT2D eigenvalue weighted by atomic mass is 10.1. The summed E-state index contributed by atoms with van der Waals surface area (Å²) >= 11 is 0. The van der Waals surface area contributed by atoms with Crippen molar-refractivity contribution in [2.75, 3.05) is 14.2 Å². The topological polar surface area (TPSA) is 47.6 Å². The third-order valence-corrected chi connectivity index (χ3v) is 3.57. The van der Waals surface area contributed by atoms with Crippen LogP contribution in [0.1, 0.15) is 16.7 Å². The second-order valence-electron chi connectivity index (χ2n) is 5.36. The molecule has 0 heterocycles. The Hall–Kier alpha value is -2.96. The van der Waals surface area contributed by atoms with E-state index >= 15 is 0 Å². The number of nitrogens with one attached hydrogen (secondary N) is 1. The van der Waals surface area contributed by atoms with Gasteiger partial charge in [0.25, 0.3) is 0 Å². The standard InChI is InChI=1S/C19H18F3NO3/c1-25-16-7-8-17(26-2)14(11-16)6-9-18(24)23-12-13-4-3-5-15(10-13)19(20,21)22/h3-11H,12H2,1-2H3,(H,23,24). The van der Waals surface area contributed by atoms with Crippen molar-refractivity contribution in [2.24, 2.45) is 0 Å². The first-order chi connectivity index (χ1) is 12.3. The lowest BCUT2D eigenvalue weighted by Crippen LogP contribution is -2.20. The van der Waals surface area contributed by atoms with Crippen molar-refractivity contribution in [1.82, 2.24) is 5.32 Å². The maximum Gasteiger partial charge on any atom is 0.416 e. The number of alkyl halides is 3. The predicted octanol–water partition coefficient (Wildman–Crippen LogP) is 4.05. The monoisotopic (exact) mass is 365 g/mol. The number of benzene rings is 2. The lowest BCUT2D eigenvalue weighted by molar-refractivity contribution is -0.137. The van der Waals surface area contributed by atoms with Gasteiger partial charge in [-0.15, -0.1) is 0 Å². The van der Waals surface area contributed by atoms with Gasteiger partial charge in [0.15, 0.2) is 0 Å². The molecular formula is C19H18F3NO3. The number of carbonyl (C=O) groups excluding carboxylic acids is 1. The van der Waals surface area contributed by atoms with Gasteiger partial charge in [-0.25, -0.2) is 0 Å². The van der Waals surface area contributed by atoms with Gasteiger partial charge in [-0.1, -0.05) is 12.1 Å². The molecule has 0 spiro atoms. The van der Waals surface area contributed by atoms with Crippen LogP contribution in [0, 0.1) is 0 Å². The Bertz CT molecular complexity index is 801. The fourth-order valence-corrected chi connectivity index (χ4v) is 2.24. The highest BCUT2D eigenvalue weighted by Crippen LogP contribution is 2.29. The Morgan fingerprint density at radius 1 is 1.12 bits per heavy atom. The molecule has 0 aliphatic heterocycles. The van der Waals surface area contributed by atoms with Crippen molar-refractivity contribution in [3.8, 4) is 11.5 Å². The van der Waals surface area contributed by atoms with E-state index in [1.54, 1.807) is 24.3 Å². The minimum Gasteiger partial charge on any atom is -0.497 e. The molecule has 2 rings (SSSR count). The molecule has 0 fully saturated rings. The zero-order valence-corrected chi connectivity index (χ0v) is 14.3. The molecule has 0 aliphatic carbocycles. The highest BCUT2D eigenvalue weighted by Gasteiger charge is 2.30. The van der Waals surface area contributed by atoms with Gasteiger partial charge in [0.1, 0.15) is 11.5 Å². The molecule has 0 aliphatic rings. The van der Waals surface area contributed by atoms with E-state index in [4.69, 9.17) is 9.47 Å². The number of rotatable bonds is 6. The molecule has 2 aromatic carbocycles. The van der Waals surface area contributed by atoms with Gasteiger partial charge in [0.05, 0.1) is 19.8 Å². The molecule has 0 saturated heterocycles. The van der Waals surface area contributed by atoms with Crippen molar-refractivity contribution in [1.29, 1.82) is 0 Å². The van der Waals surface area contributed by atoms with Crippen molar-refractivity contribution in [2.45, 2.75) is 12.7 Å². The molecule has 26 heavy (non-hydrogen) atoms. The predicted molar refractivity (Wildman–Crippen MR) is 91.9 cm³/mol. The first kappa shape index (κ1) is 19.4. The van der Waals surface area contributed by atoms with Crippen LogP contribution < -0.4 is 14.8 Å². The second-order valence-corrected chi connectivity index (χ2v) is 5.36. The highest BCUT2D eigenvalue weighted by atomic mass is 19.4. The Morgan fingerprint density at radius 3 is 2.54 bits per heavy atom. The number of ether oxygens (including phenoxy) is 2. The Morgan fingerprint density at radius 2 is 1.88 bits per heavy atom. The molecule has 0 aromatic heterocycles. The summed E-state index contributed by atoms with van der Waals surface area (Å²) in [6, 6.07) is 9.96. The summed E-state index contributed by atoms with van der Waals surface area (Å²) in [5.41, 5.74) is 0.252. The van der Waals surface area contributed by atoms with Crippen molar-refractivity contribution >= 4 is 12.0 Å². The number of halogens is 3. The number of hydrogen-bond donors (Lipinski definition) is 1. The summed E-state index contributed by atoms with van der Waals surface area (Å²) < 4.78 is 48.4. The number of methoxy groups -OCH3 is 2. The maximum atomic E-state index is 12.7. The largest absolute Gasteiger partial charge is 0.497 e. The van der Waals surface area contributed by atoms with Crippen LogP contribution in [0.15, 0.2) is 48.5 Å². The normalized spacial score (nSPS) is 11.4. The summed E-state index contributed by atoms with van der Waals surface area (Å²) in [6.45, 7) is -0.0116. The number of hydrogen-bond acceptors (Lipinski definition) is 3. The van der Waals surface area contributed by atoms with Crippen LogP contribution in [0.5, 0.6) is 11.5 Å². The van der Waals surface area contributed by atoms with E-state index in [-0.39, 0.29) is 6.54 Å². The third kappa shape index (κ3) is 5.27. The van der Waals surface area contributed by atoms with Gasteiger partial charge < -0.3 is 14.8 Å². The Labute approximate surface area is 149 Å². The van der Waals surface area contributed by atoms with Gasteiger partial charge in [0.2, 0.25) is 5.91 Å². The minimum atomic E-state index is -4.41. The molecule has 4 nitrogen and oxygen atoms in total. The van der Waals surface area contributed by atoms with E-state index < -0.39 is 17.6 Å². The average Bonchev–Trinajstić information content (AvgIpc) is 2.64. The van der Waals surface area contributed by atoms with Gasteiger partial charge in [-0.3, -0.25) is 4.79 Å². The minimum absolute atomic E-state index is 0.0116. The molecule has 7 heteroatoms. The lowest BCUT2D eigenvalue weighted by Gasteiger charge is -2.09. The first-order valence-electron chi connectivity index (χ1n) is 7.67. The second kappa shape index (κ2) is 8.42. The van der Waals surface area contributed by atoms with E-state index in [0.717, 1.165) is 12.1 Å². The van der Waals surface area contributed by atoms with Gasteiger partial charge in [0, 0.05) is 18.2 Å². The Kier molecular flexibility index (Phi) is 6.27. The summed E-state index contributed by atoms with van der Waals surface area (Å²) in [5.74, 6) is 0.731. The summed E-state index contributed by atoms with van der Waals surface area (Å²) in [6.07, 6.45) is -1.59. The summed E-state index contributed by atoms with van der Waals surface area (Å²) in [7, 11) is 3.03.